The summed E-state index contributed by atoms with van der Waals surface area (Å²) >= 11 is 1.55. The summed E-state index contributed by atoms with van der Waals surface area (Å²) in [6, 6.07) is 4.98. The number of halogens is 1. The first kappa shape index (κ1) is 14.7. The van der Waals surface area contributed by atoms with Crippen molar-refractivity contribution in [2.75, 3.05) is 18.7 Å². The van der Waals surface area contributed by atoms with Gasteiger partial charge in [0.1, 0.15) is 17.5 Å². The summed E-state index contributed by atoms with van der Waals surface area (Å²) in [5.74, 6) is 0.785. The van der Waals surface area contributed by atoms with Crippen LogP contribution in [0.4, 0.5) is 4.39 Å². The van der Waals surface area contributed by atoms with E-state index in [4.69, 9.17) is 4.74 Å². The number of hydrogen-bond acceptors (Lipinski definition) is 3. The molecule has 0 aliphatic carbocycles. The SMILES string of the molecule is C=C1C=CC=C(c2ccc(OCSC)cc2F)N1CC. The van der Waals surface area contributed by atoms with E-state index in [1.54, 1.807) is 23.9 Å². The second-order valence-electron chi connectivity index (χ2n) is 4.34. The van der Waals surface area contributed by atoms with Crippen molar-refractivity contribution >= 4 is 17.5 Å². The maximum Gasteiger partial charge on any atom is 0.136 e. The van der Waals surface area contributed by atoms with Crippen molar-refractivity contribution in [3.8, 4) is 5.75 Å². The molecule has 4 heteroatoms. The highest BCUT2D eigenvalue weighted by molar-refractivity contribution is 7.98. The molecule has 0 N–H and O–H groups in total. The second kappa shape index (κ2) is 6.66. The molecule has 106 valence electrons. The second-order valence-corrected chi connectivity index (χ2v) is 5.15. The molecule has 0 amide bonds. The van der Waals surface area contributed by atoms with Crippen molar-refractivity contribution in [3.63, 3.8) is 0 Å². The van der Waals surface area contributed by atoms with Gasteiger partial charge in [0.25, 0.3) is 0 Å². The maximum absolute atomic E-state index is 14.3. The van der Waals surface area contributed by atoms with E-state index in [1.165, 1.54) is 6.07 Å². The van der Waals surface area contributed by atoms with Crippen molar-refractivity contribution in [1.82, 2.24) is 4.90 Å². The predicted octanol–water partition coefficient (Wildman–Crippen LogP) is 4.27. The van der Waals surface area contributed by atoms with Crippen molar-refractivity contribution < 1.29 is 9.13 Å². The molecular formula is C16H18FNOS. The standard InChI is InChI=1S/C16H18FNOS/c1-4-18-12(2)6-5-7-16(18)14-9-8-13(10-15(14)17)19-11-20-3/h5-10H,2,4,11H2,1,3H3. The van der Waals surface area contributed by atoms with E-state index >= 15 is 0 Å². The third-order valence-electron chi connectivity index (χ3n) is 3.06. The smallest absolute Gasteiger partial charge is 0.136 e. The van der Waals surface area contributed by atoms with Crippen LogP contribution >= 0.6 is 11.8 Å². The molecule has 0 saturated heterocycles. The molecule has 0 radical (unpaired) electrons. The van der Waals surface area contributed by atoms with Gasteiger partial charge in [-0.3, -0.25) is 0 Å². The van der Waals surface area contributed by atoms with E-state index in [2.05, 4.69) is 6.58 Å². The highest BCUT2D eigenvalue weighted by Gasteiger charge is 2.17. The molecule has 0 bridgehead atoms. The summed E-state index contributed by atoms with van der Waals surface area (Å²) in [4.78, 5) is 1.99. The average molecular weight is 291 g/mol. The summed E-state index contributed by atoms with van der Waals surface area (Å²) in [6.07, 6.45) is 7.65. The Balaban J connectivity index is 2.30. The highest BCUT2D eigenvalue weighted by Crippen LogP contribution is 2.30. The molecule has 2 rings (SSSR count). The van der Waals surface area contributed by atoms with Gasteiger partial charge in [-0.15, -0.1) is 11.8 Å². The summed E-state index contributed by atoms with van der Waals surface area (Å²) in [6.45, 7) is 6.75. The molecule has 1 aliphatic heterocycles. The predicted molar refractivity (Wildman–Crippen MR) is 84.0 cm³/mol. The van der Waals surface area contributed by atoms with Gasteiger partial charge in [-0.2, -0.15) is 0 Å². The van der Waals surface area contributed by atoms with E-state index in [0.717, 1.165) is 17.9 Å². The topological polar surface area (TPSA) is 12.5 Å². The Bertz CT molecular complexity index is 566. The lowest BCUT2D eigenvalue weighted by atomic mass is 10.1. The number of thioether (sulfide) groups is 1. The van der Waals surface area contributed by atoms with Crippen molar-refractivity contribution in [1.29, 1.82) is 0 Å². The third-order valence-corrected chi connectivity index (χ3v) is 3.41. The van der Waals surface area contributed by atoms with E-state index in [-0.39, 0.29) is 5.82 Å². The molecule has 2 nitrogen and oxygen atoms in total. The van der Waals surface area contributed by atoms with Crippen LogP contribution in [0.15, 0.2) is 48.7 Å². The van der Waals surface area contributed by atoms with Gasteiger partial charge in [-0.05, 0) is 37.5 Å². The zero-order chi connectivity index (χ0) is 14.5. The normalized spacial score (nSPS) is 14.4. The van der Waals surface area contributed by atoms with Gasteiger partial charge in [-0.25, -0.2) is 4.39 Å². The van der Waals surface area contributed by atoms with E-state index < -0.39 is 0 Å². The summed E-state index contributed by atoms with van der Waals surface area (Å²) in [7, 11) is 0. The van der Waals surface area contributed by atoms with Gasteiger partial charge in [0.05, 0.1) is 5.70 Å². The summed E-state index contributed by atoms with van der Waals surface area (Å²) in [5.41, 5.74) is 2.26. The Labute approximate surface area is 123 Å². The Morgan fingerprint density at radius 2 is 2.20 bits per heavy atom. The molecular weight excluding hydrogens is 273 g/mol. The van der Waals surface area contributed by atoms with Crippen LogP contribution in [0.1, 0.15) is 12.5 Å². The van der Waals surface area contributed by atoms with Crippen LogP contribution in [0.2, 0.25) is 0 Å². The number of hydrogen-bond donors (Lipinski definition) is 0. The Kier molecular flexibility index (Phi) is 4.90. The molecule has 0 spiro atoms. The first-order valence-electron chi connectivity index (χ1n) is 6.43. The highest BCUT2D eigenvalue weighted by atomic mass is 32.2. The maximum atomic E-state index is 14.3. The van der Waals surface area contributed by atoms with Crippen LogP contribution in [0.5, 0.6) is 5.75 Å². The fourth-order valence-corrected chi connectivity index (χ4v) is 2.37. The molecule has 0 fully saturated rings. The number of benzene rings is 1. The van der Waals surface area contributed by atoms with Crippen molar-refractivity contribution in [3.05, 3.63) is 60.1 Å². The monoisotopic (exact) mass is 291 g/mol. The van der Waals surface area contributed by atoms with Gasteiger partial charge in [-0.1, -0.05) is 12.7 Å². The molecule has 20 heavy (non-hydrogen) atoms. The molecule has 1 aromatic rings. The Morgan fingerprint density at radius 1 is 1.40 bits per heavy atom. The number of allylic oxidation sites excluding steroid dienone is 3. The number of likely N-dealkylation sites (N-methyl/N-ethyl adjacent to an activating group) is 1. The summed E-state index contributed by atoms with van der Waals surface area (Å²) < 4.78 is 19.7. The Morgan fingerprint density at radius 3 is 2.85 bits per heavy atom. The fraction of sp³-hybridized carbons (Fsp3) is 0.250. The van der Waals surface area contributed by atoms with Gasteiger partial charge < -0.3 is 9.64 Å². The molecule has 1 aromatic carbocycles. The molecule has 0 aromatic heterocycles. The number of rotatable bonds is 5. The molecule has 0 unspecified atom stereocenters. The van der Waals surface area contributed by atoms with Gasteiger partial charge in [0.2, 0.25) is 0 Å². The van der Waals surface area contributed by atoms with Crippen LogP contribution in [-0.4, -0.2) is 23.6 Å². The molecule has 0 atom stereocenters. The molecule has 1 heterocycles. The van der Waals surface area contributed by atoms with E-state index in [0.29, 0.717) is 17.3 Å². The zero-order valence-corrected chi connectivity index (χ0v) is 12.5. The number of nitrogens with zero attached hydrogens (tertiary/aromatic N) is 1. The fourth-order valence-electron chi connectivity index (χ4n) is 2.11. The largest absolute Gasteiger partial charge is 0.483 e. The lowest BCUT2D eigenvalue weighted by Crippen LogP contribution is -2.21. The van der Waals surface area contributed by atoms with Crippen LogP contribution in [0.3, 0.4) is 0 Å². The van der Waals surface area contributed by atoms with E-state index in [9.17, 15) is 4.39 Å². The minimum absolute atomic E-state index is 0.281. The quantitative estimate of drug-likeness (QED) is 0.752. The third kappa shape index (κ3) is 3.07. The zero-order valence-electron chi connectivity index (χ0n) is 11.7. The lowest BCUT2D eigenvalue weighted by Gasteiger charge is -2.29. The van der Waals surface area contributed by atoms with Crippen LogP contribution in [0, 0.1) is 5.82 Å². The minimum atomic E-state index is -0.281. The van der Waals surface area contributed by atoms with E-state index in [1.807, 2.05) is 36.3 Å². The van der Waals surface area contributed by atoms with Gasteiger partial charge in [0, 0.05) is 23.9 Å². The van der Waals surface area contributed by atoms with Crippen molar-refractivity contribution in [2.45, 2.75) is 6.92 Å². The Hall–Kier alpha value is -1.68. The van der Waals surface area contributed by atoms with Crippen molar-refractivity contribution in [2.24, 2.45) is 0 Å². The molecule has 1 aliphatic rings. The average Bonchev–Trinajstić information content (AvgIpc) is 2.45. The first-order valence-corrected chi connectivity index (χ1v) is 7.83. The number of ether oxygens (including phenoxy) is 1. The van der Waals surface area contributed by atoms with Gasteiger partial charge in [0.15, 0.2) is 0 Å². The summed E-state index contributed by atoms with van der Waals surface area (Å²) in [5, 5.41) is 0. The van der Waals surface area contributed by atoms with Crippen LogP contribution in [-0.2, 0) is 0 Å². The van der Waals surface area contributed by atoms with Gasteiger partial charge >= 0.3 is 0 Å². The first-order chi connectivity index (χ1) is 9.67. The lowest BCUT2D eigenvalue weighted by molar-refractivity contribution is 0.390. The minimum Gasteiger partial charge on any atom is -0.483 e. The van der Waals surface area contributed by atoms with Crippen LogP contribution in [0.25, 0.3) is 5.70 Å². The van der Waals surface area contributed by atoms with Crippen LogP contribution < -0.4 is 4.74 Å². The molecule has 0 saturated carbocycles.